The van der Waals surface area contributed by atoms with Crippen LogP contribution in [-0.2, 0) is 0 Å². The third-order valence-corrected chi connectivity index (χ3v) is 2.59. The number of hydrogen-bond acceptors (Lipinski definition) is 2. The van der Waals surface area contributed by atoms with Gasteiger partial charge >= 0.3 is 5.69 Å². The summed E-state index contributed by atoms with van der Waals surface area (Å²) in [6.45, 7) is 0. The van der Waals surface area contributed by atoms with Gasteiger partial charge < -0.3 is 9.97 Å². The largest absolute Gasteiger partial charge is 0.323 e. The van der Waals surface area contributed by atoms with Crippen LogP contribution in [0.4, 0.5) is 0 Å². The fourth-order valence-electron chi connectivity index (χ4n) is 1.88. The molecule has 2 aromatic rings. The number of aromatic nitrogens is 2. The predicted molar refractivity (Wildman–Crippen MR) is 56.9 cm³/mol. The minimum Gasteiger partial charge on any atom is -0.306 e. The number of allylic oxidation sites excluding steroid dienone is 1. The number of fused-ring (bicyclic) bond motifs is 2. The van der Waals surface area contributed by atoms with Crippen LogP contribution >= 0.6 is 0 Å². The molecule has 0 bridgehead atoms. The van der Waals surface area contributed by atoms with E-state index in [0.29, 0.717) is 17.5 Å². The van der Waals surface area contributed by atoms with Crippen LogP contribution < -0.4 is 5.69 Å². The molecule has 74 valence electrons. The van der Waals surface area contributed by atoms with Crippen LogP contribution in [0.1, 0.15) is 22.3 Å². The van der Waals surface area contributed by atoms with Crippen molar-refractivity contribution < 1.29 is 4.79 Å². The van der Waals surface area contributed by atoms with Gasteiger partial charge in [0.2, 0.25) is 0 Å². The zero-order valence-corrected chi connectivity index (χ0v) is 7.83. The molecule has 1 heterocycles. The highest BCUT2D eigenvalue weighted by molar-refractivity contribution is 6.05. The molecular weight excluding hydrogens is 192 g/mol. The standard InChI is InChI=1S/C11H8N2O2/c14-10-3-1-2-6-4-8-9(5-7(6)10)13-11(15)12-8/h1-2,4-5H,3H2,(H2,12,13,15). The fraction of sp³-hybridized carbons (Fsp3) is 0.0909. The summed E-state index contributed by atoms with van der Waals surface area (Å²) in [4.78, 5) is 28.0. The van der Waals surface area contributed by atoms with Crippen LogP contribution in [0.15, 0.2) is 23.0 Å². The highest BCUT2D eigenvalue weighted by Crippen LogP contribution is 2.22. The average Bonchev–Trinajstić information content (AvgIpc) is 2.55. The number of H-pyrrole nitrogens is 2. The number of carbonyl (C=O) groups excluding carboxylic acids is 1. The van der Waals surface area contributed by atoms with Gasteiger partial charge in [0.25, 0.3) is 0 Å². The molecule has 0 radical (unpaired) electrons. The second-order valence-electron chi connectivity index (χ2n) is 3.59. The lowest BCUT2D eigenvalue weighted by Crippen LogP contribution is -2.03. The topological polar surface area (TPSA) is 65.7 Å². The molecular formula is C11H8N2O2. The van der Waals surface area contributed by atoms with Gasteiger partial charge in [0, 0.05) is 12.0 Å². The van der Waals surface area contributed by atoms with Gasteiger partial charge in [0.15, 0.2) is 5.78 Å². The predicted octanol–water partition coefficient (Wildman–Crippen LogP) is 1.46. The van der Waals surface area contributed by atoms with E-state index in [9.17, 15) is 9.59 Å². The lowest BCUT2D eigenvalue weighted by molar-refractivity contribution is 0.0994. The van der Waals surface area contributed by atoms with Crippen LogP contribution in [0.5, 0.6) is 0 Å². The van der Waals surface area contributed by atoms with E-state index in [1.54, 1.807) is 6.07 Å². The number of carbonyl (C=O) groups is 1. The Kier molecular flexibility index (Phi) is 1.48. The van der Waals surface area contributed by atoms with E-state index >= 15 is 0 Å². The molecule has 1 aliphatic rings. The molecule has 15 heavy (non-hydrogen) atoms. The maximum Gasteiger partial charge on any atom is 0.323 e. The Hall–Kier alpha value is -2.10. The Bertz CT molecular complexity index is 646. The number of aromatic amines is 2. The Morgan fingerprint density at radius 2 is 1.80 bits per heavy atom. The van der Waals surface area contributed by atoms with Crippen molar-refractivity contribution in [2.24, 2.45) is 0 Å². The van der Waals surface area contributed by atoms with Crippen LogP contribution in [0, 0.1) is 0 Å². The third kappa shape index (κ3) is 1.15. The minimum atomic E-state index is -0.247. The Morgan fingerprint density at radius 1 is 1.07 bits per heavy atom. The van der Waals surface area contributed by atoms with Crippen molar-refractivity contribution in [2.45, 2.75) is 6.42 Å². The van der Waals surface area contributed by atoms with Gasteiger partial charge in [-0.25, -0.2) is 4.79 Å². The van der Waals surface area contributed by atoms with Gasteiger partial charge in [-0.15, -0.1) is 0 Å². The molecule has 0 amide bonds. The molecule has 0 saturated carbocycles. The first-order valence-electron chi connectivity index (χ1n) is 4.70. The smallest absolute Gasteiger partial charge is 0.306 e. The van der Waals surface area contributed by atoms with Gasteiger partial charge in [0.05, 0.1) is 11.0 Å². The van der Waals surface area contributed by atoms with Crippen LogP contribution in [-0.4, -0.2) is 15.8 Å². The zero-order valence-electron chi connectivity index (χ0n) is 7.83. The Balaban J connectivity index is 2.41. The summed E-state index contributed by atoms with van der Waals surface area (Å²) < 4.78 is 0. The summed E-state index contributed by atoms with van der Waals surface area (Å²) >= 11 is 0. The van der Waals surface area contributed by atoms with Crippen molar-refractivity contribution in [3.63, 3.8) is 0 Å². The van der Waals surface area contributed by atoms with Crippen molar-refractivity contribution >= 4 is 22.9 Å². The highest BCUT2D eigenvalue weighted by atomic mass is 16.1. The molecule has 1 aromatic heterocycles. The Labute approximate surface area is 84.6 Å². The Morgan fingerprint density at radius 3 is 2.60 bits per heavy atom. The molecule has 1 aromatic carbocycles. The van der Waals surface area contributed by atoms with Crippen molar-refractivity contribution in [2.75, 3.05) is 0 Å². The fourth-order valence-corrected chi connectivity index (χ4v) is 1.88. The number of imidazole rings is 1. The highest BCUT2D eigenvalue weighted by Gasteiger charge is 2.14. The van der Waals surface area contributed by atoms with Crippen LogP contribution in [0.25, 0.3) is 17.1 Å². The van der Waals surface area contributed by atoms with Gasteiger partial charge in [-0.3, -0.25) is 4.79 Å². The van der Waals surface area contributed by atoms with Gasteiger partial charge in [-0.1, -0.05) is 12.2 Å². The van der Waals surface area contributed by atoms with E-state index in [1.165, 1.54) is 0 Å². The molecule has 3 rings (SSSR count). The van der Waals surface area contributed by atoms with E-state index < -0.39 is 0 Å². The van der Waals surface area contributed by atoms with E-state index in [-0.39, 0.29) is 11.5 Å². The van der Waals surface area contributed by atoms with Crippen molar-refractivity contribution in [3.05, 3.63) is 39.8 Å². The van der Waals surface area contributed by atoms with Crippen molar-refractivity contribution in [1.29, 1.82) is 0 Å². The van der Waals surface area contributed by atoms with Crippen molar-refractivity contribution in [1.82, 2.24) is 9.97 Å². The first-order chi connectivity index (χ1) is 7.24. The van der Waals surface area contributed by atoms with Crippen LogP contribution in [0.2, 0.25) is 0 Å². The molecule has 0 aliphatic heterocycles. The van der Waals surface area contributed by atoms with Crippen LogP contribution in [0.3, 0.4) is 0 Å². The molecule has 1 aliphatic carbocycles. The lowest BCUT2D eigenvalue weighted by atomic mass is 9.96. The summed E-state index contributed by atoms with van der Waals surface area (Å²) in [5.74, 6) is 0.0939. The van der Waals surface area contributed by atoms with E-state index in [2.05, 4.69) is 9.97 Å². The molecule has 0 saturated heterocycles. The van der Waals surface area contributed by atoms with E-state index in [0.717, 1.165) is 11.1 Å². The SMILES string of the molecule is O=C1CC=Cc2cc3[nH]c(=O)[nH]c3cc21. The molecule has 0 spiro atoms. The molecule has 2 N–H and O–H groups in total. The van der Waals surface area contributed by atoms with E-state index in [1.807, 2.05) is 18.2 Å². The maximum atomic E-state index is 11.6. The molecule has 4 nitrogen and oxygen atoms in total. The average molecular weight is 200 g/mol. The van der Waals surface area contributed by atoms with Gasteiger partial charge in [-0.2, -0.15) is 0 Å². The third-order valence-electron chi connectivity index (χ3n) is 2.59. The summed E-state index contributed by atoms with van der Waals surface area (Å²) in [5, 5.41) is 0. The summed E-state index contributed by atoms with van der Waals surface area (Å²) in [7, 11) is 0. The maximum absolute atomic E-state index is 11.6. The number of ketones is 1. The molecule has 0 unspecified atom stereocenters. The quantitative estimate of drug-likeness (QED) is 0.676. The lowest BCUT2D eigenvalue weighted by Gasteiger charge is -2.08. The summed E-state index contributed by atoms with van der Waals surface area (Å²) in [6, 6.07) is 3.55. The minimum absolute atomic E-state index is 0.0939. The molecule has 4 heteroatoms. The monoisotopic (exact) mass is 200 g/mol. The summed E-state index contributed by atoms with van der Waals surface area (Å²) in [6.07, 6.45) is 4.18. The molecule has 0 fully saturated rings. The van der Waals surface area contributed by atoms with E-state index in [4.69, 9.17) is 0 Å². The molecule has 0 atom stereocenters. The zero-order chi connectivity index (χ0) is 10.4. The number of Topliss-reactive ketones (excluding diaryl/α,β-unsaturated/α-hetero) is 1. The van der Waals surface area contributed by atoms with Gasteiger partial charge in [-0.05, 0) is 17.7 Å². The second-order valence-corrected chi connectivity index (χ2v) is 3.59. The summed E-state index contributed by atoms with van der Waals surface area (Å²) in [5.41, 5.74) is 2.72. The first kappa shape index (κ1) is 8.23. The number of hydrogen-bond donors (Lipinski definition) is 2. The number of nitrogens with one attached hydrogen (secondary N) is 2. The normalized spacial score (nSPS) is 14.5. The van der Waals surface area contributed by atoms with Crippen molar-refractivity contribution in [3.8, 4) is 0 Å². The van der Waals surface area contributed by atoms with Gasteiger partial charge in [0.1, 0.15) is 0 Å². The second kappa shape index (κ2) is 2.70. The first-order valence-corrected chi connectivity index (χ1v) is 4.70. The number of benzene rings is 1. The number of rotatable bonds is 0.